The molecule has 4 aromatic rings. The molecule has 350 valence electrons. The Hall–Kier alpha value is -4.67. The van der Waals surface area contributed by atoms with Gasteiger partial charge in [-0.15, -0.1) is 0 Å². The van der Waals surface area contributed by atoms with Gasteiger partial charge in [0, 0.05) is 79.0 Å². The molecule has 1 aromatic carbocycles. The first-order valence-corrected chi connectivity index (χ1v) is 23.9. The fraction of sp³-hybridized carbons (Fsp3) is 0.620. The molecular weight excluding hydrogens is 827 g/mol. The van der Waals surface area contributed by atoms with Crippen molar-refractivity contribution in [1.82, 2.24) is 35.2 Å². The average molecular weight is 894 g/mol. The number of fused-ring (bicyclic) bond motifs is 7. The molecule has 2 unspecified atom stereocenters. The van der Waals surface area contributed by atoms with E-state index in [1.807, 2.05) is 33.8 Å². The lowest BCUT2D eigenvalue weighted by Crippen LogP contribution is -2.61. The fourth-order valence-corrected chi connectivity index (χ4v) is 10.9. The first-order chi connectivity index (χ1) is 31.3. The summed E-state index contributed by atoms with van der Waals surface area (Å²) < 4.78 is 33.1. The average Bonchev–Trinajstić information content (AvgIpc) is 3.58. The third-order valence-electron chi connectivity index (χ3n) is 15.0. The second kappa shape index (κ2) is 18.5. The van der Waals surface area contributed by atoms with Crippen LogP contribution in [0.15, 0.2) is 41.1 Å². The summed E-state index contributed by atoms with van der Waals surface area (Å²) in [5.74, 6) is -0.193. The van der Waals surface area contributed by atoms with E-state index < -0.39 is 35.5 Å². The Morgan fingerprint density at radius 1 is 1.09 bits per heavy atom. The molecule has 9 atom stereocenters. The number of aryl methyl sites for hydroxylation is 1. The van der Waals surface area contributed by atoms with Gasteiger partial charge in [-0.3, -0.25) is 29.3 Å². The van der Waals surface area contributed by atoms with Crippen LogP contribution in [0, 0.1) is 23.2 Å². The maximum absolute atomic E-state index is 14.6. The van der Waals surface area contributed by atoms with Crippen LogP contribution in [0.5, 0.6) is 0 Å². The molecule has 15 heteroatoms. The Labute approximate surface area is 382 Å². The zero-order chi connectivity index (χ0) is 45.7. The van der Waals surface area contributed by atoms with Crippen molar-refractivity contribution in [1.29, 1.82) is 0 Å². The van der Waals surface area contributed by atoms with Gasteiger partial charge in [0.15, 0.2) is 0 Å². The number of hydrogen-bond acceptors (Lipinski definition) is 12. The zero-order valence-corrected chi connectivity index (χ0v) is 39.4. The van der Waals surface area contributed by atoms with Gasteiger partial charge in [-0.25, -0.2) is 10.4 Å². The van der Waals surface area contributed by atoms with Crippen molar-refractivity contribution in [2.45, 2.75) is 123 Å². The molecule has 4 fully saturated rings. The van der Waals surface area contributed by atoms with Crippen molar-refractivity contribution < 1.29 is 37.7 Å². The summed E-state index contributed by atoms with van der Waals surface area (Å²) in [7, 11) is 1.73. The number of oxazole rings is 1. The minimum Gasteiger partial charge on any atom is -0.464 e. The van der Waals surface area contributed by atoms with E-state index in [2.05, 4.69) is 65.4 Å². The molecule has 3 saturated heterocycles. The number of piperidine rings is 1. The number of carbonyl (C=O) groups excluding carboxylic acids is 3. The van der Waals surface area contributed by atoms with Gasteiger partial charge < -0.3 is 33.2 Å². The maximum atomic E-state index is 14.6. The Morgan fingerprint density at radius 3 is 2.66 bits per heavy atom. The Bertz CT molecular complexity index is 2400. The molecule has 1 saturated carbocycles. The van der Waals surface area contributed by atoms with Gasteiger partial charge in [0.2, 0.25) is 11.8 Å². The van der Waals surface area contributed by atoms with Crippen molar-refractivity contribution in [3.8, 4) is 22.7 Å². The Morgan fingerprint density at radius 2 is 1.91 bits per heavy atom. The zero-order valence-electron chi connectivity index (χ0n) is 39.4. The van der Waals surface area contributed by atoms with E-state index >= 15 is 0 Å². The van der Waals surface area contributed by atoms with Crippen molar-refractivity contribution in [2.75, 3.05) is 53.2 Å². The lowest BCUT2D eigenvalue weighted by molar-refractivity contribution is -0.156. The van der Waals surface area contributed by atoms with E-state index in [1.54, 1.807) is 7.11 Å². The Kier molecular flexibility index (Phi) is 13.0. The quantitative estimate of drug-likeness (QED) is 0.170. The van der Waals surface area contributed by atoms with Crippen LogP contribution in [0.4, 0.5) is 0 Å². The number of aromatic nitrogens is 3. The third-order valence-corrected chi connectivity index (χ3v) is 15.0. The number of nitrogens with zero attached hydrogens (tertiary/aromatic N) is 5. The minimum atomic E-state index is -1.15. The predicted molar refractivity (Wildman–Crippen MR) is 244 cm³/mol. The molecule has 0 radical (unpaired) electrons. The molecule has 9 rings (SSSR count). The number of esters is 1. The topological polar surface area (TPSA) is 163 Å². The molecule has 3 aromatic heterocycles. The molecule has 4 aliphatic heterocycles. The lowest BCUT2D eigenvalue weighted by Gasteiger charge is -2.42. The number of benzene rings is 1. The van der Waals surface area contributed by atoms with Crippen molar-refractivity contribution >= 4 is 28.7 Å². The van der Waals surface area contributed by atoms with Gasteiger partial charge in [-0.2, -0.15) is 0 Å². The van der Waals surface area contributed by atoms with Crippen LogP contribution in [0.3, 0.4) is 0 Å². The number of pyridine rings is 1. The second-order valence-electron chi connectivity index (χ2n) is 19.8. The molecule has 7 heterocycles. The normalized spacial score (nSPS) is 28.9. The number of nitrogens with one attached hydrogen (secondary N) is 2. The maximum Gasteiger partial charge on any atom is 0.324 e. The molecule has 5 aliphatic rings. The number of rotatable bonds is 9. The SMILES string of the molecule is CCO[C@@H]1c2coc(n2)-c2ccc3c(c2)c(c(-c2cc([C@@H]4CCN5CCOCC5C4)cnc2[C@H](C)OC)n3CC)CC(C)(C)COC(=O)[C@@H]2CCCN(N2)C(=O)[C@H]1NC(=O)C1[C@@H](C)[C@H]1C. The number of methoxy groups -OCH3 is 1. The third kappa shape index (κ3) is 8.86. The standard InChI is InChI=1S/C50H67N7O8/c1-9-56-40-14-13-32-21-35(40)37(44(56)36-22-33(24-51-42(36)30(5)61-8)31-15-17-55-18-19-62-25-34(55)20-31)23-50(6,7)27-65-49(60)38-12-11-16-57(54-38)48(59)43(53-46(58)41-28(3)29(41)4)45(63-10-2)39-26-64-47(32)52-39/h13-14,21-22,24,26,28-31,34,38,41,43,45,54H,9-12,15-20,23,25,27H2,1-8H3,(H,53,58)/t28-,29+,30-,31+,34?,38-,41?,43-,45+/m0/s1. The molecule has 65 heavy (non-hydrogen) atoms. The van der Waals surface area contributed by atoms with Gasteiger partial charge in [-0.05, 0) is 113 Å². The molecule has 2 amide bonds. The minimum absolute atomic E-state index is 0.142. The molecule has 15 nitrogen and oxygen atoms in total. The van der Waals surface area contributed by atoms with Crippen LogP contribution < -0.4 is 10.7 Å². The van der Waals surface area contributed by atoms with E-state index in [9.17, 15) is 14.4 Å². The summed E-state index contributed by atoms with van der Waals surface area (Å²) in [6, 6.07) is 7.11. The molecule has 2 N–H and O–H groups in total. The molecule has 0 spiro atoms. The van der Waals surface area contributed by atoms with E-state index in [0.29, 0.717) is 55.9 Å². The summed E-state index contributed by atoms with van der Waals surface area (Å²) in [6.45, 7) is 19.4. The molecule has 1 aliphatic carbocycles. The summed E-state index contributed by atoms with van der Waals surface area (Å²) in [6.07, 6.45) is 6.02. The van der Waals surface area contributed by atoms with Crippen LogP contribution >= 0.6 is 0 Å². The van der Waals surface area contributed by atoms with Crippen molar-refractivity contribution in [3.63, 3.8) is 0 Å². The van der Waals surface area contributed by atoms with Crippen LogP contribution in [0.1, 0.15) is 115 Å². The number of carbonyl (C=O) groups is 3. The van der Waals surface area contributed by atoms with E-state index in [0.717, 1.165) is 78.1 Å². The number of ether oxygens (including phenoxy) is 4. The summed E-state index contributed by atoms with van der Waals surface area (Å²) in [5.41, 5.74) is 10.1. The molecular formula is C50H67N7O8. The number of hydrazine groups is 1. The van der Waals surface area contributed by atoms with E-state index in [1.165, 1.54) is 16.8 Å². The van der Waals surface area contributed by atoms with Crippen LogP contribution in [0.25, 0.3) is 33.6 Å². The second-order valence-corrected chi connectivity index (χ2v) is 19.8. The first kappa shape index (κ1) is 45.5. The number of morpholine rings is 1. The van der Waals surface area contributed by atoms with Gasteiger partial charge in [0.1, 0.15) is 30.1 Å². The van der Waals surface area contributed by atoms with Crippen LogP contribution in [-0.2, 0) is 46.3 Å². The summed E-state index contributed by atoms with van der Waals surface area (Å²) in [5, 5.41) is 5.52. The van der Waals surface area contributed by atoms with Gasteiger partial charge in [-0.1, -0.05) is 27.7 Å². The van der Waals surface area contributed by atoms with Gasteiger partial charge in [0.25, 0.3) is 5.91 Å². The largest absolute Gasteiger partial charge is 0.464 e. The number of amides is 2. The monoisotopic (exact) mass is 894 g/mol. The predicted octanol–water partition coefficient (Wildman–Crippen LogP) is 6.75. The van der Waals surface area contributed by atoms with E-state index in [4.69, 9.17) is 33.3 Å². The molecule has 6 bridgehead atoms. The highest BCUT2D eigenvalue weighted by Crippen LogP contribution is 2.46. The van der Waals surface area contributed by atoms with Crippen molar-refractivity contribution in [2.24, 2.45) is 23.2 Å². The highest BCUT2D eigenvalue weighted by molar-refractivity contribution is 5.95. The highest BCUT2D eigenvalue weighted by atomic mass is 16.5. The fourth-order valence-electron chi connectivity index (χ4n) is 10.9. The number of cyclic esters (lactones) is 1. The lowest BCUT2D eigenvalue weighted by atomic mass is 9.82. The van der Waals surface area contributed by atoms with Gasteiger partial charge >= 0.3 is 5.97 Å². The highest BCUT2D eigenvalue weighted by Gasteiger charge is 2.50. The first-order valence-electron chi connectivity index (χ1n) is 23.9. The smallest absolute Gasteiger partial charge is 0.324 e. The van der Waals surface area contributed by atoms with Crippen LogP contribution in [-0.4, -0.2) is 114 Å². The summed E-state index contributed by atoms with van der Waals surface area (Å²) >= 11 is 0. The Balaban J connectivity index is 1.18. The van der Waals surface area contributed by atoms with Crippen LogP contribution in [0.2, 0.25) is 0 Å². The summed E-state index contributed by atoms with van der Waals surface area (Å²) in [4.78, 5) is 55.2. The number of hydrogen-bond donors (Lipinski definition) is 2. The van der Waals surface area contributed by atoms with Gasteiger partial charge in [0.05, 0.1) is 37.3 Å². The van der Waals surface area contributed by atoms with Crippen molar-refractivity contribution in [3.05, 3.63) is 59.2 Å². The van der Waals surface area contributed by atoms with E-state index in [-0.39, 0.29) is 43.0 Å².